The van der Waals surface area contributed by atoms with Crippen LogP contribution in [-0.4, -0.2) is 46.5 Å². The molecule has 0 radical (unpaired) electrons. The van der Waals surface area contributed by atoms with Gasteiger partial charge in [-0.1, -0.05) is 6.07 Å². The van der Waals surface area contributed by atoms with Crippen LogP contribution < -0.4 is 20.4 Å². The van der Waals surface area contributed by atoms with Gasteiger partial charge in [-0.2, -0.15) is 5.10 Å². The SMILES string of the molecule is CC(=O)O.CC1C(=O)NN=C2COc3cc(-c4ccc5ncsc5c4)c(NC4CCC4)cc3N21. The summed E-state index contributed by atoms with van der Waals surface area (Å²) >= 11 is 1.64. The van der Waals surface area contributed by atoms with Gasteiger partial charge in [0.25, 0.3) is 11.9 Å². The molecule has 10 heteroatoms. The number of anilines is 2. The van der Waals surface area contributed by atoms with Crippen LogP contribution in [0.4, 0.5) is 11.4 Å². The number of nitrogens with one attached hydrogen (secondary N) is 2. The Hall–Kier alpha value is -3.66. The van der Waals surface area contributed by atoms with Crippen molar-refractivity contribution < 1.29 is 19.4 Å². The maximum Gasteiger partial charge on any atom is 0.300 e. The summed E-state index contributed by atoms with van der Waals surface area (Å²) in [5, 5.41) is 15.3. The number of amides is 1. The van der Waals surface area contributed by atoms with E-state index in [9.17, 15) is 4.79 Å². The molecule has 0 spiro atoms. The molecule has 34 heavy (non-hydrogen) atoms. The van der Waals surface area contributed by atoms with Gasteiger partial charge in [-0.15, -0.1) is 11.3 Å². The lowest BCUT2D eigenvalue weighted by molar-refractivity contribution is -0.134. The molecular weight excluding hydrogens is 454 g/mol. The van der Waals surface area contributed by atoms with E-state index >= 15 is 0 Å². The van der Waals surface area contributed by atoms with Crippen LogP contribution in [0.5, 0.6) is 5.75 Å². The van der Waals surface area contributed by atoms with E-state index in [-0.39, 0.29) is 11.9 Å². The molecule has 1 saturated carbocycles. The second kappa shape index (κ2) is 8.94. The molecule has 2 aromatic carbocycles. The number of amidine groups is 1. The van der Waals surface area contributed by atoms with Crippen molar-refractivity contribution in [3.63, 3.8) is 0 Å². The van der Waals surface area contributed by atoms with Crippen molar-refractivity contribution in [2.45, 2.75) is 45.2 Å². The van der Waals surface area contributed by atoms with E-state index in [1.54, 1.807) is 11.3 Å². The Bertz CT molecular complexity index is 1300. The lowest BCUT2D eigenvalue weighted by atomic mass is 9.92. The molecule has 1 aliphatic carbocycles. The largest absolute Gasteiger partial charge is 0.483 e. The van der Waals surface area contributed by atoms with Gasteiger partial charge in [0.05, 0.1) is 21.4 Å². The summed E-state index contributed by atoms with van der Waals surface area (Å²) in [6, 6.07) is 10.7. The van der Waals surface area contributed by atoms with Crippen LogP contribution >= 0.6 is 11.3 Å². The number of aliphatic carboxylic acids is 1. The molecule has 3 aromatic rings. The summed E-state index contributed by atoms with van der Waals surface area (Å²) in [5.41, 5.74) is 9.65. The number of rotatable bonds is 3. The minimum atomic E-state index is -0.833. The topological polar surface area (TPSA) is 116 Å². The van der Waals surface area contributed by atoms with Gasteiger partial charge in [0.15, 0.2) is 5.84 Å². The van der Waals surface area contributed by atoms with Crippen LogP contribution in [0.3, 0.4) is 0 Å². The number of carbonyl (C=O) groups excluding carboxylic acids is 1. The first kappa shape index (κ1) is 22.1. The molecular formula is C24H25N5O4S. The normalized spacial score (nSPS) is 18.9. The molecule has 176 valence electrons. The molecule has 0 bridgehead atoms. The maximum atomic E-state index is 12.2. The third kappa shape index (κ3) is 4.16. The number of carbonyl (C=O) groups is 2. The number of benzene rings is 2. The first-order valence-electron chi connectivity index (χ1n) is 11.2. The summed E-state index contributed by atoms with van der Waals surface area (Å²) < 4.78 is 7.21. The molecule has 1 unspecified atom stereocenters. The smallest absolute Gasteiger partial charge is 0.300 e. The second-order valence-electron chi connectivity index (χ2n) is 8.53. The molecule has 2 aliphatic heterocycles. The van der Waals surface area contributed by atoms with Crippen LogP contribution in [0.15, 0.2) is 40.9 Å². The molecule has 9 nitrogen and oxygen atoms in total. The summed E-state index contributed by atoms with van der Waals surface area (Å²) in [4.78, 5) is 27.6. The number of fused-ring (bicyclic) bond motifs is 4. The van der Waals surface area contributed by atoms with E-state index in [0.717, 1.165) is 51.2 Å². The van der Waals surface area contributed by atoms with Crippen LogP contribution in [0, 0.1) is 0 Å². The van der Waals surface area contributed by atoms with Gasteiger partial charge in [-0.25, -0.2) is 10.4 Å². The van der Waals surface area contributed by atoms with Crippen LogP contribution in [-0.2, 0) is 9.59 Å². The lowest BCUT2D eigenvalue weighted by Crippen LogP contribution is -2.55. The van der Waals surface area contributed by atoms with Gasteiger partial charge in [0, 0.05) is 24.2 Å². The van der Waals surface area contributed by atoms with E-state index < -0.39 is 5.97 Å². The first-order valence-corrected chi connectivity index (χ1v) is 12.0. The van der Waals surface area contributed by atoms with E-state index in [1.807, 2.05) is 17.3 Å². The third-order valence-electron chi connectivity index (χ3n) is 6.16. The fourth-order valence-electron chi connectivity index (χ4n) is 4.23. The summed E-state index contributed by atoms with van der Waals surface area (Å²) in [6.45, 7) is 3.31. The van der Waals surface area contributed by atoms with Crippen molar-refractivity contribution in [1.29, 1.82) is 0 Å². The minimum Gasteiger partial charge on any atom is -0.483 e. The number of thiazole rings is 1. The van der Waals surface area contributed by atoms with Crippen LogP contribution in [0.1, 0.15) is 33.1 Å². The molecule has 1 fully saturated rings. The Balaban J connectivity index is 0.000000560. The Morgan fingerprint density at radius 3 is 2.82 bits per heavy atom. The number of aromatic nitrogens is 1. The number of nitrogens with zero attached hydrogens (tertiary/aromatic N) is 3. The fraction of sp³-hybridized carbons (Fsp3) is 0.333. The van der Waals surface area contributed by atoms with Gasteiger partial charge in [-0.3, -0.25) is 9.59 Å². The van der Waals surface area contributed by atoms with Gasteiger partial charge < -0.3 is 20.1 Å². The number of carboxylic acid groups (broad SMARTS) is 1. The minimum absolute atomic E-state index is 0.111. The average Bonchev–Trinajstić information content (AvgIpc) is 3.25. The highest BCUT2D eigenvalue weighted by Crippen LogP contribution is 2.44. The number of carboxylic acids is 1. The predicted octanol–water partition coefficient (Wildman–Crippen LogP) is 4.05. The first-order chi connectivity index (χ1) is 16.4. The van der Waals surface area contributed by atoms with Crippen molar-refractivity contribution in [2.75, 3.05) is 16.8 Å². The molecule has 3 N–H and O–H groups in total. The van der Waals surface area contributed by atoms with E-state index in [2.05, 4.69) is 51.2 Å². The third-order valence-corrected chi connectivity index (χ3v) is 6.95. The highest BCUT2D eigenvalue weighted by molar-refractivity contribution is 7.16. The molecule has 6 rings (SSSR count). The fourth-order valence-corrected chi connectivity index (χ4v) is 4.94. The number of hydrogen-bond acceptors (Lipinski definition) is 8. The summed E-state index contributed by atoms with van der Waals surface area (Å²) in [5.74, 6) is 0.553. The number of hydrogen-bond donors (Lipinski definition) is 3. The molecule has 3 aliphatic rings. The standard InChI is InChI=1S/C22H21N5O2S.C2H4O2/c1-12-22(28)26-25-21-10-29-19-8-15(13-5-6-16-20(7-13)30-11-23-16)17(9-18(19)27(12)21)24-14-3-2-4-14;1-2(3)4/h5-9,11-12,14,24H,2-4,10H2,1H3,(H,26,28);1H3,(H,3,4). The Kier molecular flexibility index (Phi) is 5.82. The van der Waals surface area contributed by atoms with Crippen molar-refractivity contribution in [3.05, 3.63) is 35.8 Å². The number of hydrazone groups is 1. The van der Waals surface area contributed by atoms with E-state index in [1.165, 1.54) is 19.3 Å². The molecule has 3 heterocycles. The molecule has 1 aromatic heterocycles. The summed E-state index contributed by atoms with van der Waals surface area (Å²) in [7, 11) is 0. The second-order valence-corrected chi connectivity index (χ2v) is 9.42. The Morgan fingerprint density at radius 1 is 1.29 bits per heavy atom. The molecule has 0 saturated heterocycles. The average molecular weight is 480 g/mol. The zero-order valence-electron chi connectivity index (χ0n) is 18.9. The van der Waals surface area contributed by atoms with Crippen molar-refractivity contribution in [3.8, 4) is 16.9 Å². The van der Waals surface area contributed by atoms with Crippen molar-refractivity contribution >= 4 is 50.6 Å². The zero-order valence-corrected chi connectivity index (χ0v) is 19.7. The Labute approximate surface area is 200 Å². The van der Waals surface area contributed by atoms with Crippen molar-refractivity contribution in [1.82, 2.24) is 10.4 Å². The maximum absolute atomic E-state index is 12.2. The molecule has 1 atom stereocenters. The molecule has 1 amide bonds. The highest BCUT2D eigenvalue weighted by atomic mass is 32.1. The monoisotopic (exact) mass is 479 g/mol. The van der Waals surface area contributed by atoms with Gasteiger partial charge in [0.1, 0.15) is 18.4 Å². The number of ether oxygens (including phenoxy) is 1. The van der Waals surface area contributed by atoms with Gasteiger partial charge in [0.2, 0.25) is 0 Å². The summed E-state index contributed by atoms with van der Waals surface area (Å²) in [6.07, 6.45) is 3.61. The predicted molar refractivity (Wildman–Crippen MR) is 133 cm³/mol. The van der Waals surface area contributed by atoms with E-state index in [4.69, 9.17) is 14.6 Å². The van der Waals surface area contributed by atoms with Crippen LogP contribution in [0.25, 0.3) is 21.3 Å². The Morgan fingerprint density at radius 2 is 2.09 bits per heavy atom. The van der Waals surface area contributed by atoms with Crippen LogP contribution in [0.2, 0.25) is 0 Å². The van der Waals surface area contributed by atoms with E-state index in [0.29, 0.717) is 12.6 Å². The quantitative estimate of drug-likeness (QED) is 0.519. The van der Waals surface area contributed by atoms with Gasteiger partial charge >= 0.3 is 0 Å². The lowest BCUT2D eigenvalue weighted by Gasteiger charge is -2.39. The van der Waals surface area contributed by atoms with Gasteiger partial charge in [-0.05, 0) is 56.0 Å². The van der Waals surface area contributed by atoms with Crippen molar-refractivity contribution in [2.24, 2.45) is 5.10 Å². The highest BCUT2D eigenvalue weighted by Gasteiger charge is 2.36. The zero-order chi connectivity index (χ0) is 23.8.